The van der Waals surface area contributed by atoms with E-state index < -0.39 is 0 Å². The molecule has 1 aliphatic rings. The fraction of sp³-hybridized carbons (Fsp3) is 0. The lowest BCUT2D eigenvalue weighted by Gasteiger charge is -2.17. The number of benzene rings is 3. The number of amides is 3. The van der Waals surface area contributed by atoms with E-state index in [0.717, 1.165) is 5.56 Å². The van der Waals surface area contributed by atoms with E-state index in [-0.39, 0.29) is 11.9 Å². The number of carbonyl (C=O) groups excluding carboxylic acids is 2. The molecule has 1 aliphatic heterocycles. The molecule has 0 atom stereocenters. The van der Waals surface area contributed by atoms with Crippen LogP contribution in [0.15, 0.2) is 96.7 Å². The van der Waals surface area contributed by atoms with Crippen LogP contribution in [0.4, 0.5) is 16.2 Å². The van der Waals surface area contributed by atoms with Gasteiger partial charge in [-0.2, -0.15) is 0 Å². The van der Waals surface area contributed by atoms with Gasteiger partial charge in [0.05, 0.1) is 11.4 Å². The average molecular weight is 340 g/mol. The van der Waals surface area contributed by atoms with Crippen LogP contribution >= 0.6 is 0 Å². The number of hydrogen-bond donors (Lipinski definition) is 0. The number of urea groups is 1. The van der Waals surface area contributed by atoms with Crippen molar-refractivity contribution in [3.8, 4) is 0 Å². The first-order valence-electron chi connectivity index (χ1n) is 8.31. The third-order valence-corrected chi connectivity index (χ3v) is 4.18. The van der Waals surface area contributed by atoms with Crippen LogP contribution in [0.25, 0.3) is 6.08 Å². The van der Waals surface area contributed by atoms with Crippen LogP contribution in [0.5, 0.6) is 0 Å². The molecule has 0 bridgehead atoms. The molecule has 0 unspecified atom stereocenters. The molecule has 0 spiro atoms. The number of para-hydroxylation sites is 2. The highest BCUT2D eigenvalue weighted by Gasteiger charge is 2.42. The molecule has 126 valence electrons. The molecule has 4 nitrogen and oxygen atoms in total. The van der Waals surface area contributed by atoms with Gasteiger partial charge < -0.3 is 0 Å². The van der Waals surface area contributed by atoms with Crippen LogP contribution in [0, 0.1) is 0 Å². The molecule has 1 fully saturated rings. The van der Waals surface area contributed by atoms with Gasteiger partial charge in [-0.1, -0.05) is 66.7 Å². The lowest BCUT2D eigenvalue weighted by Crippen LogP contribution is -2.32. The zero-order valence-corrected chi connectivity index (χ0v) is 13.9. The molecule has 4 rings (SSSR count). The van der Waals surface area contributed by atoms with Crippen LogP contribution in [-0.2, 0) is 4.79 Å². The van der Waals surface area contributed by atoms with Gasteiger partial charge >= 0.3 is 6.03 Å². The maximum atomic E-state index is 13.1. The Labute approximate surface area is 151 Å². The van der Waals surface area contributed by atoms with Crippen molar-refractivity contribution >= 4 is 29.4 Å². The van der Waals surface area contributed by atoms with Gasteiger partial charge in [-0.15, -0.1) is 0 Å². The lowest BCUT2D eigenvalue weighted by atomic mass is 10.1. The summed E-state index contributed by atoms with van der Waals surface area (Å²) in [7, 11) is 0. The number of hydrogen-bond acceptors (Lipinski definition) is 2. The standard InChI is InChI=1S/C22H16N2O2/c25-21-20(16-17-10-4-1-5-11-17)23(18-12-6-2-7-13-18)22(26)24(21)19-14-8-3-9-15-19/h1-16H/b20-16+. The van der Waals surface area contributed by atoms with E-state index in [0.29, 0.717) is 17.1 Å². The highest BCUT2D eigenvalue weighted by Crippen LogP contribution is 2.32. The maximum Gasteiger partial charge on any atom is 0.340 e. The van der Waals surface area contributed by atoms with Gasteiger partial charge in [0.2, 0.25) is 0 Å². The minimum atomic E-state index is -0.380. The van der Waals surface area contributed by atoms with E-state index in [4.69, 9.17) is 0 Å². The average Bonchev–Trinajstić information content (AvgIpc) is 2.94. The molecule has 0 N–H and O–H groups in total. The van der Waals surface area contributed by atoms with Crippen LogP contribution in [0.2, 0.25) is 0 Å². The van der Waals surface area contributed by atoms with Gasteiger partial charge in [-0.05, 0) is 35.9 Å². The van der Waals surface area contributed by atoms with Crippen molar-refractivity contribution in [3.05, 3.63) is 102 Å². The summed E-state index contributed by atoms with van der Waals surface area (Å²) in [5.41, 5.74) is 2.40. The molecule has 0 saturated carbocycles. The molecular weight excluding hydrogens is 324 g/mol. The Morgan fingerprint density at radius 3 is 1.58 bits per heavy atom. The Hall–Kier alpha value is -3.66. The maximum absolute atomic E-state index is 13.1. The second-order valence-corrected chi connectivity index (χ2v) is 5.87. The monoisotopic (exact) mass is 340 g/mol. The molecule has 4 heteroatoms. The van der Waals surface area contributed by atoms with Crippen molar-refractivity contribution in [2.75, 3.05) is 9.80 Å². The molecule has 3 amide bonds. The minimum absolute atomic E-state index is 0.330. The molecule has 1 heterocycles. The molecule has 26 heavy (non-hydrogen) atoms. The Kier molecular flexibility index (Phi) is 4.07. The van der Waals surface area contributed by atoms with Gasteiger partial charge in [0.25, 0.3) is 5.91 Å². The Morgan fingerprint density at radius 1 is 0.577 bits per heavy atom. The van der Waals surface area contributed by atoms with Crippen molar-refractivity contribution in [3.63, 3.8) is 0 Å². The van der Waals surface area contributed by atoms with Gasteiger partial charge in [0.1, 0.15) is 5.70 Å². The fourth-order valence-corrected chi connectivity index (χ4v) is 2.96. The summed E-state index contributed by atoms with van der Waals surface area (Å²) in [5.74, 6) is -0.339. The first kappa shape index (κ1) is 15.8. The van der Waals surface area contributed by atoms with Crippen LogP contribution in [0.1, 0.15) is 5.56 Å². The predicted molar refractivity (Wildman–Crippen MR) is 103 cm³/mol. The van der Waals surface area contributed by atoms with E-state index in [1.165, 1.54) is 9.80 Å². The SMILES string of the molecule is O=C1/C(=C\c2ccccc2)N(c2ccccc2)C(=O)N1c1ccccc1. The number of rotatable bonds is 3. The van der Waals surface area contributed by atoms with Gasteiger partial charge in [-0.25, -0.2) is 9.69 Å². The van der Waals surface area contributed by atoms with Crippen LogP contribution in [0.3, 0.4) is 0 Å². The molecule has 1 saturated heterocycles. The van der Waals surface area contributed by atoms with Gasteiger partial charge in [0, 0.05) is 0 Å². The van der Waals surface area contributed by atoms with Crippen molar-refractivity contribution in [1.82, 2.24) is 0 Å². The molecule has 3 aromatic carbocycles. The summed E-state index contributed by atoms with van der Waals surface area (Å²) in [6, 6.07) is 27.3. The van der Waals surface area contributed by atoms with Crippen molar-refractivity contribution in [2.24, 2.45) is 0 Å². The zero-order valence-electron chi connectivity index (χ0n) is 13.9. The Balaban J connectivity index is 1.85. The smallest absolute Gasteiger partial charge is 0.266 e. The Morgan fingerprint density at radius 2 is 1.04 bits per heavy atom. The van der Waals surface area contributed by atoms with E-state index in [1.54, 1.807) is 18.2 Å². The topological polar surface area (TPSA) is 40.6 Å². The van der Waals surface area contributed by atoms with Crippen molar-refractivity contribution in [1.29, 1.82) is 0 Å². The quantitative estimate of drug-likeness (QED) is 0.512. The number of carbonyl (C=O) groups is 2. The fourth-order valence-electron chi connectivity index (χ4n) is 2.96. The summed E-state index contributed by atoms with van der Waals surface area (Å²) >= 11 is 0. The third-order valence-electron chi connectivity index (χ3n) is 4.18. The van der Waals surface area contributed by atoms with E-state index >= 15 is 0 Å². The zero-order chi connectivity index (χ0) is 17.9. The van der Waals surface area contributed by atoms with E-state index in [1.807, 2.05) is 78.9 Å². The normalized spacial score (nSPS) is 15.8. The summed E-state index contributed by atoms with van der Waals surface area (Å²) in [6.07, 6.45) is 1.75. The van der Waals surface area contributed by atoms with Gasteiger partial charge in [-0.3, -0.25) is 9.69 Å². The first-order chi connectivity index (χ1) is 12.8. The molecule has 0 aromatic heterocycles. The highest BCUT2D eigenvalue weighted by atomic mass is 16.2. The van der Waals surface area contributed by atoms with Crippen molar-refractivity contribution < 1.29 is 9.59 Å². The van der Waals surface area contributed by atoms with E-state index in [2.05, 4.69) is 0 Å². The number of anilines is 2. The highest BCUT2D eigenvalue weighted by molar-refractivity contribution is 6.35. The Bertz CT molecular complexity index is 967. The summed E-state index contributed by atoms with van der Waals surface area (Å²) in [4.78, 5) is 28.9. The van der Waals surface area contributed by atoms with Gasteiger partial charge in [0.15, 0.2) is 0 Å². The summed E-state index contributed by atoms with van der Waals surface area (Å²) in [6.45, 7) is 0. The number of nitrogens with zero attached hydrogens (tertiary/aromatic N) is 2. The minimum Gasteiger partial charge on any atom is -0.266 e. The molecule has 0 aliphatic carbocycles. The lowest BCUT2D eigenvalue weighted by molar-refractivity contribution is -0.113. The van der Waals surface area contributed by atoms with Crippen LogP contribution < -0.4 is 9.80 Å². The molecule has 3 aromatic rings. The van der Waals surface area contributed by atoms with Crippen LogP contribution in [-0.4, -0.2) is 11.9 Å². The molecular formula is C22H16N2O2. The first-order valence-corrected chi connectivity index (χ1v) is 8.31. The predicted octanol–water partition coefficient (Wildman–Crippen LogP) is 4.70. The van der Waals surface area contributed by atoms with E-state index in [9.17, 15) is 9.59 Å². The summed E-state index contributed by atoms with van der Waals surface area (Å²) < 4.78 is 0. The second kappa shape index (κ2) is 6.69. The summed E-state index contributed by atoms with van der Waals surface area (Å²) in [5, 5.41) is 0. The largest absolute Gasteiger partial charge is 0.340 e. The van der Waals surface area contributed by atoms with Crippen molar-refractivity contribution in [2.45, 2.75) is 0 Å². The molecule has 0 radical (unpaired) electrons. The number of imide groups is 1. The second-order valence-electron chi connectivity index (χ2n) is 5.87. The third kappa shape index (κ3) is 2.78.